The fourth-order valence-corrected chi connectivity index (χ4v) is 2.90. The molecule has 0 aliphatic carbocycles. The Labute approximate surface area is 117 Å². The number of anilines is 1. The lowest BCUT2D eigenvalue weighted by Crippen LogP contribution is -2.35. The first-order valence-electron chi connectivity index (χ1n) is 6.39. The molecule has 5 heteroatoms. The number of para-hydroxylation sites is 1. The standard InChI is InChI=1S/C14H18N2O2S/c1-9(2)8-15-13(17)7-12-14(18)16-10-5-3-4-6-11(10)19-12/h3-6,9,12H,7-8H2,1-2H3,(H,15,17)(H,16,18). The first-order valence-corrected chi connectivity index (χ1v) is 7.27. The van der Waals surface area contributed by atoms with E-state index in [0.29, 0.717) is 12.5 Å². The van der Waals surface area contributed by atoms with Gasteiger partial charge in [0.2, 0.25) is 11.8 Å². The summed E-state index contributed by atoms with van der Waals surface area (Å²) >= 11 is 1.45. The van der Waals surface area contributed by atoms with Gasteiger partial charge in [0.05, 0.1) is 10.9 Å². The summed E-state index contributed by atoms with van der Waals surface area (Å²) in [5.74, 6) is 0.252. The van der Waals surface area contributed by atoms with E-state index < -0.39 is 0 Å². The number of hydrogen-bond donors (Lipinski definition) is 2. The zero-order valence-corrected chi connectivity index (χ0v) is 11.9. The van der Waals surface area contributed by atoms with Crippen molar-refractivity contribution in [2.75, 3.05) is 11.9 Å². The van der Waals surface area contributed by atoms with Gasteiger partial charge in [-0.25, -0.2) is 0 Å². The average molecular weight is 278 g/mol. The summed E-state index contributed by atoms with van der Waals surface area (Å²) in [4.78, 5) is 24.7. The first kappa shape index (κ1) is 13.9. The molecular formula is C14H18N2O2S. The number of carbonyl (C=O) groups excluding carboxylic acids is 2. The van der Waals surface area contributed by atoms with Crippen LogP contribution in [0.1, 0.15) is 20.3 Å². The lowest BCUT2D eigenvalue weighted by Gasteiger charge is -2.23. The Kier molecular flexibility index (Phi) is 4.47. The smallest absolute Gasteiger partial charge is 0.238 e. The summed E-state index contributed by atoms with van der Waals surface area (Å²) in [5.41, 5.74) is 0.830. The molecule has 0 bridgehead atoms. The zero-order valence-electron chi connectivity index (χ0n) is 11.1. The summed E-state index contributed by atoms with van der Waals surface area (Å²) in [6.07, 6.45) is 0.220. The van der Waals surface area contributed by atoms with Crippen LogP contribution in [0.4, 0.5) is 5.69 Å². The zero-order chi connectivity index (χ0) is 13.8. The van der Waals surface area contributed by atoms with Gasteiger partial charge in [0, 0.05) is 17.9 Å². The lowest BCUT2D eigenvalue weighted by atomic mass is 10.2. The molecule has 1 unspecified atom stereocenters. The Hall–Kier alpha value is -1.49. The van der Waals surface area contributed by atoms with Crippen LogP contribution in [0.3, 0.4) is 0 Å². The fraction of sp³-hybridized carbons (Fsp3) is 0.429. The highest BCUT2D eigenvalue weighted by Gasteiger charge is 2.28. The van der Waals surface area contributed by atoms with Crippen molar-refractivity contribution in [3.63, 3.8) is 0 Å². The highest BCUT2D eigenvalue weighted by molar-refractivity contribution is 8.01. The predicted molar refractivity (Wildman–Crippen MR) is 77.2 cm³/mol. The minimum atomic E-state index is -0.345. The minimum absolute atomic E-state index is 0.0688. The maximum atomic E-state index is 11.9. The molecule has 0 spiro atoms. The summed E-state index contributed by atoms with van der Waals surface area (Å²) in [6, 6.07) is 7.64. The molecule has 1 aromatic carbocycles. The molecule has 2 N–H and O–H groups in total. The van der Waals surface area contributed by atoms with Crippen LogP contribution in [-0.4, -0.2) is 23.6 Å². The molecule has 4 nitrogen and oxygen atoms in total. The van der Waals surface area contributed by atoms with Crippen molar-refractivity contribution in [3.05, 3.63) is 24.3 Å². The summed E-state index contributed by atoms with van der Waals surface area (Å²) in [6.45, 7) is 4.73. The Bertz CT molecular complexity index is 488. The molecule has 1 heterocycles. The van der Waals surface area contributed by atoms with Crippen LogP contribution in [0, 0.1) is 5.92 Å². The monoisotopic (exact) mass is 278 g/mol. The van der Waals surface area contributed by atoms with E-state index in [1.165, 1.54) is 11.8 Å². The highest BCUT2D eigenvalue weighted by Crippen LogP contribution is 2.36. The van der Waals surface area contributed by atoms with Gasteiger partial charge >= 0.3 is 0 Å². The number of hydrogen-bond acceptors (Lipinski definition) is 3. The highest BCUT2D eigenvalue weighted by atomic mass is 32.2. The average Bonchev–Trinajstić information content (AvgIpc) is 2.37. The fourth-order valence-electron chi connectivity index (χ4n) is 1.79. The molecule has 1 aromatic rings. The van der Waals surface area contributed by atoms with Gasteiger partial charge in [0.1, 0.15) is 0 Å². The molecule has 19 heavy (non-hydrogen) atoms. The van der Waals surface area contributed by atoms with Crippen LogP contribution in [0.2, 0.25) is 0 Å². The van der Waals surface area contributed by atoms with Crippen LogP contribution in [0.5, 0.6) is 0 Å². The Morgan fingerprint density at radius 1 is 1.42 bits per heavy atom. The van der Waals surface area contributed by atoms with Gasteiger partial charge in [-0.3, -0.25) is 9.59 Å². The number of nitrogens with one attached hydrogen (secondary N) is 2. The SMILES string of the molecule is CC(C)CNC(=O)CC1Sc2ccccc2NC1=O. The van der Waals surface area contributed by atoms with E-state index in [-0.39, 0.29) is 23.5 Å². The third kappa shape index (κ3) is 3.73. The van der Waals surface area contributed by atoms with Gasteiger partial charge < -0.3 is 10.6 Å². The molecule has 0 saturated carbocycles. The lowest BCUT2D eigenvalue weighted by molar-refractivity contribution is -0.124. The van der Waals surface area contributed by atoms with E-state index in [2.05, 4.69) is 10.6 Å². The second-order valence-electron chi connectivity index (χ2n) is 4.99. The number of rotatable bonds is 4. The van der Waals surface area contributed by atoms with Crippen LogP contribution < -0.4 is 10.6 Å². The van der Waals surface area contributed by atoms with Crippen LogP contribution in [0.25, 0.3) is 0 Å². The summed E-state index contributed by atoms with van der Waals surface area (Å²) in [5, 5.41) is 5.34. The van der Waals surface area contributed by atoms with E-state index in [9.17, 15) is 9.59 Å². The molecule has 2 amide bonds. The number of carbonyl (C=O) groups is 2. The van der Waals surface area contributed by atoms with Gasteiger partial charge in [-0.15, -0.1) is 11.8 Å². The maximum absolute atomic E-state index is 11.9. The third-order valence-corrected chi connectivity index (χ3v) is 4.06. The topological polar surface area (TPSA) is 58.2 Å². The van der Waals surface area contributed by atoms with Gasteiger partial charge in [-0.05, 0) is 18.1 Å². The molecule has 0 radical (unpaired) electrons. The molecule has 0 saturated heterocycles. The predicted octanol–water partition coefficient (Wildman–Crippen LogP) is 2.26. The van der Waals surface area contributed by atoms with E-state index >= 15 is 0 Å². The Balaban J connectivity index is 1.95. The molecule has 0 aromatic heterocycles. The van der Waals surface area contributed by atoms with Crippen molar-refractivity contribution in [1.29, 1.82) is 0 Å². The number of amides is 2. The van der Waals surface area contributed by atoms with Crippen LogP contribution >= 0.6 is 11.8 Å². The van der Waals surface area contributed by atoms with E-state index in [1.54, 1.807) is 0 Å². The first-order chi connectivity index (χ1) is 9.06. The van der Waals surface area contributed by atoms with Crippen molar-refractivity contribution in [2.45, 2.75) is 30.4 Å². The molecule has 1 atom stereocenters. The molecular weight excluding hydrogens is 260 g/mol. The van der Waals surface area contributed by atoms with Crippen molar-refractivity contribution in [3.8, 4) is 0 Å². The third-order valence-electron chi connectivity index (χ3n) is 2.78. The van der Waals surface area contributed by atoms with Crippen LogP contribution in [-0.2, 0) is 9.59 Å². The number of fused-ring (bicyclic) bond motifs is 1. The second kappa shape index (κ2) is 6.10. The quantitative estimate of drug-likeness (QED) is 0.888. The molecule has 1 aliphatic rings. The maximum Gasteiger partial charge on any atom is 0.238 e. The second-order valence-corrected chi connectivity index (χ2v) is 6.24. The molecule has 1 aliphatic heterocycles. The van der Waals surface area contributed by atoms with Gasteiger partial charge in [0.25, 0.3) is 0 Å². The molecule has 2 rings (SSSR count). The van der Waals surface area contributed by atoms with Crippen molar-refractivity contribution >= 4 is 29.3 Å². The van der Waals surface area contributed by atoms with E-state index in [1.807, 2.05) is 38.1 Å². The minimum Gasteiger partial charge on any atom is -0.356 e. The Morgan fingerprint density at radius 2 is 2.16 bits per heavy atom. The summed E-state index contributed by atoms with van der Waals surface area (Å²) in [7, 11) is 0. The molecule has 0 fully saturated rings. The Morgan fingerprint density at radius 3 is 2.89 bits per heavy atom. The van der Waals surface area contributed by atoms with Crippen molar-refractivity contribution < 1.29 is 9.59 Å². The van der Waals surface area contributed by atoms with Crippen molar-refractivity contribution in [2.24, 2.45) is 5.92 Å². The van der Waals surface area contributed by atoms with Gasteiger partial charge in [0.15, 0.2) is 0 Å². The van der Waals surface area contributed by atoms with E-state index in [0.717, 1.165) is 10.6 Å². The number of thioether (sulfide) groups is 1. The normalized spacial score (nSPS) is 17.8. The van der Waals surface area contributed by atoms with E-state index in [4.69, 9.17) is 0 Å². The number of benzene rings is 1. The van der Waals surface area contributed by atoms with Crippen LogP contribution in [0.15, 0.2) is 29.2 Å². The van der Waals surface area contributed by atoms with Gasteiger partial charge in [-0.2, -0.15) is 0 Å². The molecule has 102 valence electrons. The van der Waals surface area contributed by atoms with Gasteiger partial charge in [-0.1, -0.05) is 26.0 Å². The summed E-state index contributed by atoms with van der Waals surface area (Å²) < 4.78 is 0. The van der Waals surface area contributed by atoms with Crippen molar-refractivity contribution in [1.82, 2.24) is 5.32 Å². The largest absolute Gasteiger partial charge is 0.356 e.